The third kappa shape index (κ3) is 5.16. The van der Waals surface area contributed by atoms with Crippen LogP contribution in [0.4, 0.5) is 5.69 Å². The molecule has 0 amide bonds. The van der Waals surface area contributed by atoms with Crippen LogP contribution in [0.15, 0.2) is 42.6 Å². The molecule has 1 atom stereocenters. The quantitative estimate of drug-likeness (QED) is 0.379. The zero-order valence-electron chi connectivity index (χ0n) is 19.6. The van der Waals surface area contributed by atoms with Crippen LogP contribution in [-0.2, 0) is 13.0 Å². The van der Waals surface area contributed by atoms with Gasteiger partial charge in [-0.2, -0.15) is 5.26 Å². The lowest BCUT2D eigenvalue weighted by Crippen LogP contribution is -2.38. The van der Waals surface area contributed by atoms with Crippen molar-refractivity contribution in [2.45, 2.75) is 38.8 Å². The summed E-state index contributed by atoms with van der Waals surface area (Å²) in [5, 5.41) is 25.3. The fourth-order valence-electron chi connectivity index (χ4n) is 4.74. The average Bonchev–Trinajstić information content (AvgIpc) is 3.30. The molecule has 3 aromatic rings. The third-order valence-corrected chi connectivity index (χ3v) is 6.63. The standard InChI is InChI=1S/C26H29N5O3/c1-18-5-6-19(12-26(18)31(32)33)15-28-17-21-4-3-10-30(21)11-9-23-20(14-27)16-29-25-8-7-22(34-2)13-24(23)25/h5-8,12-13,16,21,28H,3-4,9-11,15,17H2,1-2H3/t21-/m1/s1. The molecule has 8 heteroatoms. The first-order valence-corrected chi connectivity index (χ1v) is 11.5. The summed E-state index contributed by atoms with van der Waals surface area (Å²) < 4.78 is 5.39. The number of rotatable bonds is 9. The second kappa shape index (κ2) is 10.6. The van der Waals surface area contributed by atoms with Gasteiger partial charge in [0.15, 0.2) is 0 Å². The number of methoxy groups -OCH3 is 1. The Morgan fingerprint density at radius 3 is 2.94 bits per heavy atom. The number of nitrogens with zero attached hydrogens (tertiary/aromatic N) is 4. The van der Waals surface area contributed by atoms with E-state index < -0.39 is 0 Å². The molecule has 0 aliphatic carbocycles. The summed E-state index contributed by atoms with van der Waals surface area (Å²) in [6.45, 7) is 5.05. The number of ether oxygens (including phenoxy) is 1. The molecule has 8 nitrogen and oxygen atoms in total. The number of fused-ring (bicyclic) bond motifs is 1. The molecule has 1 fully saturated rings. The van der Waals surface area contributed by atoms with Crippen LogP contribution in [-0.4, -0.2) is 47.6 Å². The molecule has 0 radical (unpaired) electrons. The maximum absolute atomic E-state index is 11.2. The number of aromatic nitrogens is 1. The van der Waals surface area contributed by atoms with Gasteiger partial charge in [0.1, 0.15) is 11.8 Å². The fourth-order valence-corrected chi connectivity index (χ4v) is 4.74. The number of likely N-dealkylation sites (tertiary alicyclic amines) is 1. The van der Waals surface area contributed by atoms with Gasteiger partial charge in [-0.05, 0) is 62.1 Å². The summed E-state index contributed by atoms with van der Waals surface area (Å²) in [4.78, 5) is 17.8. The Labute approximate surface area is 199 Å². The summed E-state index contributed by atoms with van der Waals surface area (Å²) in [7, 11) is 1.64. The minimum atomic E-state index is -0.328. The zero-order chi connectivity index (χ0) is 24.1. The Kier molecular flexibility index (Phi) is 7.36. The molecule has 176 valence electrons. The number of aryl methyl sites for hydroxylation is 1. The number of nitrogens with one attached hydrogen (secondary N) is 1. The van der Waals surface area contributed by atoms with Crippen LogP contribution in [0, 0.1) is 28.4 Å². The van der Waals surface area contributed by atoms with E-state index in [1.165, 1.54) is 0 Å². The van der Waals surface area contributed by atoms with E-state index in [0.29, 0.717) is 23.7 Å². The van der Waals surface area contributed by atoms with Crippen LogP contribution in [0.2, 0.25) is 0 Å². The molecule has 1 saturated heterocycles. The summed E-state index contributed by atoms with van der Waals surface area (Å²) in [5.74, 6) is 0.755. The fraction of sp³-hybridized carbons (Fsp3) is 0.385. The Bertz CT molecular complexity index is 1240. The lowest BCUT2D eigenvalue weighted by Gasteiger charge is -2.25. The van der Waals surface area contributed by atoms with Crippen LogP contribution in [0.25, 0.3) is 10.9 Å². The lowest BCUT2D eigenvalue weighted by atomic mass is 10.0. The van der Waals surface area contributed by atoms with Gasteiger partial charge in [0.2, 0.25) is 0 Å². The summed E-state index contributed by atoms with van der Waals surface area (Å²) in [6, 6.07) is 13.9. The Hall–Kier alpha value is -3.54. The Morgan fingerprint density at radius 2 is 2.18 bits per heavy atom. The molecule has 1 aliphatic heterocycles. The summed E-state index contributed by atoms with van der Waals surface area (Å²) >= 11 is 0. The highest BCUT2D eigenvalue weighted by Gasteiger charge is 2.24. The predicted molar refractivity (Wildman–Crippen MR) is 131 cm³/mol. The molecule has 1 N–H and O–H groups in total. The van der Waals surface area contributed by atoms with Gasteiger partial charge in [-0.25, -0.2) is 0 Å². The number of nitriles is 1. The van der Waals surface area contributed by atoms with E-state index in [1.54, 1.807) is 32.4 Å². The van der Waals surface area contributed by atoms with Crippen molar-refractivity contribution in [1.82, 2.24) is 15.2 Å². The number of nitro benzene ring substituents is 1. The van der Waals surface area contributed by atoms with Crippen LogP contribution < -0.4 is 10.1 Å². The van der Waals surface area contributed by atoms with Gasteiger partial charge in [0, 0.05) is 48.9 Å². The number of nitro groups is 1. The normalized spacial score (nSPS) is 16.0. The molecule has 0 spiro atoms. The average molecular weight is 460 g/mol. The van der Waals surface area contributed by atoms with Crippen LogP contribution in [0.3, 0.4) is 0 Å². The number of hydrogen-bond donors (Lipinski definition) is 1. The minimum absolute atomic E-state index is 0.163. The topological polar surface area (TPSA) is 104 Å². The van der Waals surface area contributed by atoms with E-state index in [0.717, 1.165) is 66.7 Å². The number of hydrogen-bond acceptors (Lipinski definition) is 7. The maximum Gasteiger partial charge on any atom is 0.272 e. The van der Waals surface area contributed by atoms with Gasteiger partial charge in [0.25, 0.3) is 5.69 Å². The maximum atomic E-state index is 11.2. The molecule has 2 heterocycles. The van der Waals surface area contributed by atoms with Gasteiger partial charge in [0.05, 0.1) is 23.1 Å². The second-order valence-electron chi connectivity index (χ2n) is 8.74. The molecule has 4 rings (SSSR count). The van der Waals surface area contributed by atoms with Crippen molar-refractivity contribution < 1.29 is 9.66 Å². The van der Waals surface area contributed by atoms with E-state index >= 15 is 0 Å². The molecule has 0 unspecified atom stereocenters. The summed E-state index contributed by atoms with van der Waals surface area (Å²) in [6.07, 6.45) is 4.67. The van der Waals surface area contributed by atoms with Crippen LogP contribution in [0.1, 0.15) is 35.1 Å². The molecule has 1 aliphatic rings. The first-order chi connectivity index (χ1) is 16.5. The van der Waals surface area contributed by atoms with Gasteiger partial charge >= 0.3 is 0 Å². The highest BCUT2D eigenvalue weighted by Crippen LogP contribution is 2.27. The van der Waals surface area contributed by atoms with E-state index in [9.17, 15) is 15.4 Å². The van der Waals surface area contributed by atoms with Crippen molar-refractivity contribution in [2.75, 3.05) is 26.7 Å². The van der Waals surface area contributed by atoms with Crippen molar-refractivity contribution >= 4 is 16.6 Å². The van der Waals surface area contributed by atoms with E-state index in [2.05, 4.69) is 21.3 Å². The first-order valence-electron chi connectivity index (χ1n) is 11.5. The van der Waals surface area contributed by atoms with Gasteiger partial charge in [-0.15, -0.1) is 0 Å². The van der Waals surface area contributed by atoms with E-state index in [1.807, 2.05) is 24.3 Å². The zero-order valence-corrected chi connectivity index (χ0v) is 19.6. The molecule has 34 heavy (non-hydrogen) atoms. The number of benzene rings is 2. The molecule has 0 saturated carbocycles. The predicted octanol–water partition coefficient (Wildman–Crippen LogP) is 4.13. The smallest absolute Gasteiger partial charge is 0.272 e. The van der Waals surface area contributed by atoms with Crippen molar-refractivity contribution in [3.05, 3.63) is 75.0 Å². The third-order valence-electron chi connectivity index (χ3n) is 6.63. The van der Waals surface area contributed by atoms with Gasteiger partial charge in [-0.1, -0.05) is 12.1 Å². The van der Waals surface area contributed by atoms with Crippen LogP contribution >= 0.6 is 0 Å². The molecular weight excluding hydrogens is 430 g/mol. The SMILES string of the molecule is COc1ccc2ncc(C#N)c(CCN3CCC[C@@H]3CNCc3ccc(C)c([N+](=O)[O-])c3)c2c1. The van der Waals surface area contributed by atoms with Crippen molar-refractivity contribution in [2.24, 2.45) is 0 Å². The molecule has 2 aromatic carbocycles. The minimum Gasteiger partial charge on any atom is -0.497 e. The molecular formula is C26H29N5O3. The molecule has 0 bridgehead atoms. The van der Waals surface area contributed by atoms with Crippen molar-refractivity contribution in [3.63, 3.8) is 0 Å². The highest BCUT2D eigenvalue weighted by molar-refractivity contribution is 5.85. The lowest BCUT2D eigenvalue weighted by molar-refractivity contribution is -0.385. The molecule has 1 aromatic heterocycles. The van der Waals surface area contributed by atoms with Gasteiger partial charge < -0.3 is 10.1 Å². The van der Waals surface area contributed by atoms with Crippen LogP contribution in [0.5, 0.6) is 5.75 Å². The monoisotopic (exact) mass is 459 g/mol. The largest absolute Gasteiger partial charge is 0.497 e. The summed E-state index contributed by atoms with van der Waals surface area (Å²) in [5.41, 5.74) is 4.23. The van der Waals surface area contributed by atoms with Crippen molar-refractivity contribution in [1.29, 1.82) is 5.26 Å². The first kappa shape index (κ1) is 23.6. The Balaban J connectivity index is 1.40. The van der Waals surface area contributed by atoms with Gasteiger partial charge in [-0.3, -0.25) is 20.0 Å². The van der Waals surface area contributed by atoms with E-state index in [4.69, 9.17) is 4.74 Å². The Morgan fingerprint density at radius 1 is 1.32 bits per heavy atom. The van der Waals surface area contributed by atoms with E-state index in [-0.39, 0.29) is 10.6 Å². The number of pyridine rings is 1. The second-order valence-corrected chi connectivity index (χ2v) is 8.74. The van der Waals surface area contributed by atoms with Crippen molar-refractivity contribution in [3.8, 4) is 11.8 Å². The highest BCUT2D eigenvalue weighted by atomic mass is 16.6.